The molecule has 5 rings (SSSR count). The lowest BCUT2D eigenvalue weighted by molar-refractivity contribution is -0.142. The van der Waals surface area contributed by atoms with Crippen molar-refractivity contribution in [2.24, 2.45) is 5.73 Å². The number of benzene rings is 3. The summed E-state index contributed by atoms with van der Waals surface area (Å²) >= 11 is 6.41. The Hall–Kier alpha value is -4.54. The number of para-hydroxylation sites is 1. The van der Waals surface area contributed by atoms with Crippen molar-refractivity contribution in [2.45, 2.75) is 25.5 Å². The van der Waals surface area contributed by atoms with Crippen molar-refractivity contribution in [2.75, 3.05) is 4.90 Å². The molecule has 0 saturated heterocycles. The molecule has 1 atom stereocenters. The number of carbonyl (C=O) groups excluding carboxylic acids is 2. The van der Waals surface area contributed by atoms with E-state index in [1.54, 1.807) is 36.4 Å². The van der Waals surface area contributed by atoms with Gasteiger partial charge in [-0.3, -0.25) is 4.79 Å². The lowest BCUT2D eigenvalue weighted by Gasteiger charge is -2.34. The Bertz CT molecular complexity index is 1520. The van der Waals surface area contributed by atoms with E-state index in [-0.39, 0.29) is 35.9 Å². The first-order chi connectivity index (χ1) is 17.9. The zero-order valence-corrected chi connectivity index (χ0v) is 20.7. The molecule has 0 radical (unpaired) electrons. The second-order valence-electron chi connectivity index (χ2n) is 8.70. The number of carbonyl (C=O) groups is 2. The quantitative estimate of drug-likeness (QED) is 0.490. The lowest BCUT2D eigenvalue weighted by atomic mass is 9.68. The summed E-state index contributed by atoms with van der Waals surface area (Å²) in [6, 6.07) is 25.4. The summed E-state index contributed by atoms with van der Waals surface area (Å²) in [5.74, 6) is -1.42. The number of hydrogen-bond donors (Lipinski definition) is 1. The molecule has 3 aromatic carbocycles. The Balaban J connectivity index is 1.66. The van der Waals surface area contributed by atoms with Gasteiger partial charge in [-0.25, -0.2) is 4.79 Å². The number of anilines is 1. The molecule has 8 heteroatoms. The third kappa shape index (κ3) is 3.83. The van der Waals surface area contributed by atoms with Crippen LogP contribution in [0.5, 0.6) is 0 Å². The number of nitrogens with zero attached hydrogens (tertiary/aromatic N) is 2. The van der Waals surface area contributed by atoms with E-state index in [1.165, 1.54) is 11.8 Å². The summed E-state index contributed by atoms with van der Waals surface area (Å²) < 4.78 is 11.3. The second kappa shape index (κ2) is 9.49. The van der Waals surface area contributed by atoms with Crippen molar-refractivity contribution < 1.29 is 19.1 Å². The molecule has 37 heavy (non-hydrogen) atoms. The number of nitrogens with two attached hydrogens (primary N) is 1. The third-order valence-electron chi connectivity index (χ3n) is 6.59. The number of allylic oxidation sites excluding steroid dienone is 1. The number of nitriles is 1. The van der Waals surface area contributed by atoms with Crippen LogP contribution in [0.1, 0.15) is 23.6 Å². The second-order valence-corrected chi connectivity index (χ2v) is 9.10. The van der Waals surface area contributed by atoms with Gasteiger partial charge in [0.15, 0.2) is 5.41 Å². The minimum atomic E-state index is -1.83. The van der Waals surface area contributed by atoms with Crippen LogP contribution in [0.15, 0.2) is 102 Å². The van der Waals surface area contributed by atoms with Crippen LogP contribution < -0.4 is 10.6 Å². The van der Waals surface area contributed by atoms with Gasteiger partial charge in [-0.15, -0.1) is 0 Å². The Morgan fingerprint density at radius 1 is 1.08 bits per heavy atom. The van der Waals surface area contributed by atoms with E-state index in [0.29, 0.717) is 21.8 Å². The number of ether oxygens (including phenoxy) is 2. The highest BCUT2D eigenvalue weighted by molar-refractivity contribution is 6.31. The summed E-state index contributed by atoms with van der Waals surface area (Å²) in [7, 11) is 0. The summed E-state index contributed by atoms with van der Waals surface area (Å²) in [5, 5.41) is 10.7. The van der Waals surface area contributed by atoms with E-state index in [2.05, 4.69) is 0 Å². The molecule has 0 bridgehead atoms. The molecule has 2 aliphatic heterocycles. The lowest BCUT2D eigenvalue weighted by Crippen LogP contribution is -2.48. The monoisotopic (exact) mass is 511 g/mol. The van der Waals surface area contributed by atoms with Crippen molar-refractivity contribution in [3.63, 3.8) is 0 Å². The van der Waals surface area contributed by atoms with Gasteiger partial charge in [-0.05, 0) is 30.2 Å². The van der Waals surface area contributed by atoms with Crippen LogP contribution in [0, 0.1) is 11.3 Å². The Morgan fingerprint density at radius 2 is 1.76 bits per heavy atom. The maximum atomic E-state index is 14.4. The number of amides is 1. The van der Waals surface area contributed by atoms with Crippen molar-refractivity contribution in [1.82, 2.24) is 0 Å². The molecule has 1 spiro atoms. The Kier molecular flexibility index (Phi) is 6.20. The number of esters is 1. The van der Waals surface area contributed by atoms with Crippen LogP contribution in [0.4, 0.5) is 5.69 Å². The first-order valence-corrected chi connectivity index (χ1v) is 11.9. The van der Waals surface area contributed by atoms with E-state index in [1.807, 2.05) is 48.5 Å². The van der Waals surface area contributed by atoms with Gasteiger partial charge in [0.1, 0.15) is 29.6 Å². The molecule has 0 saturated carbocycles. The Labute approximate surface area is 219 Å². The minimum absolute atomic E-state index is 0.0210. The van der Waals surface area contributed by atoms with E-state index in [4.69, 9.17) is 26.8 Å². The predicted molar refractivity (Wildman–Crippen MR) is 138 cm³/mol. The molecular formula is C29H22ClN3O4. The van der Waals surface area contributed by atoms with Gasteiger partial charge in [-0.2, -0.15) is 5.26 Å². The van der Waals surface area contributed by atoms with Gasteiger partial charge in [-0.1, -0.05) is 78.3 Å². The molecule has 1 amide bonds. The van der Waals surface area contributed by atoms with Crippen LogP contribution >= 0.6 is 11.6 Å². The van der Waals surface area contributed by atoms with Gasteiger partial charge >= 0.3 is 5.97 Å². The van der Waals surface area contributed by atoms with Crippen LogP contribution in [-0.4, -0.2) is 11.9 Å². The molecule has 7 nitrogen and oxygen atoms in total. The summed E-state index contributed by atoms with van der Waals surface area (Å²) in [6.07, 6.45) is 0. The van der Waals surface area contributed by atoms with Gasteiger partial charge < -0.3 is 20.1 Å². The molecule has 0 aromatic heterocycles. The third-order valence-corrected chi connectivity index (χ3v) is 6.96. The fourth-order valence-corrected chi connectivity index (χ4v) is 5.16. The summed E-state index contributed by atoms with van der Waals surface area (Å²) in [4.78, 5) is 29.6. The highest BCUT2D eigenvalue weighted by Gasteiger charge is 2.62. The van der Waals surface area contributed by atoms with Crippen molar-refractivity contribution >= 4 is 29.2 Å². The normalized spacial score (nSPS) is 18.5. The summed E-state index contributed by atoms with van der Waals surface area (Å²) in [5.41, 5.74) is 6.56. The van der Waals surface area contributed by atoms with Crippen LogP contribution in [0.25, 0.3) is 0 Å². The highest BCUT2D eigenvalue weighted by atomic mass is 35.5. The molecule has 2 heterocycles. The van der Waals surface area contributed by atoms with E-state index >= 15 is 0 Å². The van der Waals surface area contributed by atoms with E-state index in [0.717, 1.165) is 5.56 Å². The molecule has 2 aliphatic rings. The maximum absolute atomic E-state index is 14.4. The standard InChI is InChI=1S/C29H22ClN3O4/c1-18-25(27(34)36-17-19-9-3-2-4-10-19)29(22(15-31)26(32)37-18)21-12-6-8-14-24(21)33(28(29)35)16-20-11-5-7-13-23(20)30/h2-14H,16-17,32H2,1H3. The first kappa shape index (κ1) is 24.2. The first-order valence-electron chi connectivity index (χ1n) is 11.5. The Morgan fingerprint density at radius 3 is 2.49 bits per heavy atom. The maximum Gasteiger partial charge on any atom is 0.339 e. The fraction of sp³-hybridized carbons (Fsp3) is 0.138. The number of fused-ring (bicyclic) bond motifs is 2. The van der Waals surface area contributed by atoms with Crippen molar-refractivity contribution in [3.05, 3.63) is 123 Å². The molecule has 0 aliphatic carbocycles. The van der Waals surface area contributed by atoms with Crippen molar-refractivity contribution in [1.29, 1.82) is 5.26 Å². The average molecular weight is 512 g/mol. The van der Waals surface area contributed by atoms with Crippen LogP contribution in [-0.2, 0) is 37.6 Å². The van der Waals surface area contributed by atoms with E-state index < -0.39 is 17.3 Å². The summed E-state index contributed by atoms with van der Waals surface area (Å²) in [6.45, 7) is 1.64. The van der Waals surface area contributed by atoms with Gasteiger partial charge in [0.25, 0.3) is 0 Å². The number of rotatable bonds is 5. The minimum Gasteiger partial charge on any atom is -0.457 e. The fourth-order valence-electron chi connectivity index (χ4n) is 4.96. The SMILES string of the molecule is CC1=C(C(=O)OCc2ccccc2)C2(C(=O)N(Cc3ccccc3Cl)c3ccccc32)C(C#N)=C(N)O1. The van der Waals surface area contributed by atoms with Gasteiger partial charge in [0.2, 0.25) is 11.8 Å². The van der Waals surface area contributed by atoms with E-state index in [9.17, 15) is 14.9 Å². The molecular weight excluding hydrogens is 490 g/mol. The smallest absolute Gasteiger partial charge is 0.339 e. The average Bonchev–Trinajstić information content (AvgIpc) is 3.13. The molecule has 0 fully saturated rings. The molecule has 1 unspecified atom stereocenters. The predicted octanol–water partition coefficient (Wildman–Crippen LogP) is 4.87. The number of halogens is 1. The zero-order valence-electron chi connectivity index (χ0n) is 19.9. The number of hydrogen-bond acceptors (Lipinski definition) is 6. The molecule has 184 valence electrons. The van der Waals surface area contributed by atoms with Crippen LogP contribution in [0.2, 0.25) is 5.02 Å². The van der Waals surface area contributed by atoms with Crippen molar-refractivity contribution in [3.8, 4) is 6.07 Å². The molecule has 2 N–H and O–H groups in total. The molecule has 3 aromatic rings. The van der Waals surface area contributed by atoms with Gasteiger partial charge in [0.05, 0.1) is 6.54 Å². The topological polar surface area (TPSA) is 106 Å². The zero-order chi connectivity index (χ0) is 26.2. The van der Waals surface area contributed by atoms with Crippen LogP contribution in [0.3, 0.4) is 0 Å². The largest absolute Gasteiger partial charge is 0.457 e. The highest BCUT2D eigenvalue weighted by Crippen LogP contribution is 2.54. The van der Waals surface area contributed by atoms with Gasteiger partial charge in [0, 0.05) is 16.3 Å².